The van der Waals surface area contributed by atoms with Gasteiger partial charge in [-0.15, -0.1) is 0 Å². The maximum atomic E-state index is 3.61. The lowest BCUT2D eigenvalue weighted by Gasteiger charge is -2.35. The Kier molecular flexibility index (Phi) is 5.77. The van der Waals surface area contributed by atoms with Gasteiger partial charge in [-0.2, -0.15) is 0 Å². The molecule has 2 heteroatoms. The zero-order valence-electron chi connectivity index (χ0n) is 11.8. The molecule has 16 heavy (non-hydrogen) atoms. The Morgan fingerprint density at radius 3 is 2.31 bits per heavy atom. The van der Waals surface area contributed by atoms with Crippen molar-refractivity contribution in [2.75, 3.05) is 19.6 Å². The number of nitrogens with zero attached hydrogens (tertiary/aromatic N) is 1. The molecule has 96 valence electrons. The summed E-state index contributed by atoms with van der Waals surface area (Å²) >= 11 is 0. The first-order valence-electron chi connectivity index (χ1n) is 6.98. The van der Waals surface area contributed by atoms with Crippen molar-refractivity contribution in [3.05, 3.63) is 0 Å². The molecule has 0 bridgehead atoms. The number of rotatable bonds is 6. The number of hydrogen-bond acceptors (Lipinski definition) is 2. The summed E-state index contributed by atoms with van der Waals surface area (Å²) in [6.45, 7) is 15.4. The van der Waals surface area contributed by atoms with Crippen LogP contribution in [-0.4, -0.2) is 36.6 Å². The van der Waals surface area contributed by atoms with E-state index in [-0.39, 0.29) is 0 Å². The molecule has 1 rings (SSSR count). The van der Waals surface area contributed by atoms with Gasteiger partial charge in [0.05, 0.1) is 0 Å². The second kappa shape index (κ2) is 6.61. The first kappa shape index (κ1) is 14.0. The minimum Gasteiger partial charge on any atom is -0.313 e. The Morgan fingerprint density at radius 2 is 1.88 bits per heavy atom. The molecule has 0 saturated carbocycles. The predicted molar refractivity (Wildman–Crippen MR) is 71.7 cm³/mol. The van der Waals surface area contributed by atoms with Crippen LogP contribution in [-0.2, 0) is 0 Å². The lowest BCUT2D eigenvalue weighted by atomic mass is 10.0. The maximum Gasteiger partial charge on any atom is 0.0195 e. The lowest BCUT2D eigenvalue weighted by molar-refractivity contribution is 0.138. The second-order valence-corrected chi connectivity index (χ2v) is 6.13. The summed E-state index contributed by atoms with van der Waals surface area (Å²) in [5, 5.41) is 3.61. The standard InChI is InChI=1S/C14H30N2/c1-11(2)9-16(13(5)12(3)4)10-14-7-6-8-15-14/h11-15H,6-10H2,1-5H3. The lowest BCUT2D eigenvalue weighted by Crippen LogP contribution is -2.45. The van der Waals surface area contributed by atoms with Crippen LogP contribution in [0.4, 0.5) is 0 Å². The van der Waals surface area contributed by atoms with Crippen molar-refractivity contribution >= 4 is 0 Å². The summed E-state index contributed by atoms with van der Waals surface area (Å²) < 4.78 is 0. The summed E-state index contributed by atoms with van der Waals surface area (Å²) in [5.41, 5.74) is 0. The van der Waals surface area contributed by atoms with Crippen molar-refractivity contribution in [1.29, 1.82) is 0 Å². The minimum atomic E-state index is 0.699. The molecule has 1 fully saturated rings. The van der Waals surface area contributed by atoms with E-state index in [1.54, 1.807) is 0 Å². The molecule has 1 saturated heterocycles. The van der Waals surface area contributed by atoms with Crippen molar-refractivity contribution in [2.45, 2.75) is 59.5 Å². The number of nitrogens with one attached hydrogen (secondary N) is 1. The van der Waals surface area contributed by atoms with Gasteiger partial charge >= 0.3 is 0 Å². The van der Waals surface area contributed by atoms with Crippen LogP contribution in [0.5, 0.6) is 0 Å². The molecule has 0 radical (unpaired) electrons. The highest BCUT2D eigenvalue weighted by molar-refractivity contribution is 4.81. The van der Waals surface area contributed by atoms with Gasteiger partial charge in [0.2, 0.25) is 0 Å². The zero-order valence-corrected chi connectivity index (χ0v) is 11.8. The fourth-order valence-electron chi connectivity index (χ4n) is 2.49. The van der Waals surface area contributed by atoms with E-state index in [4.69, 9.17) is 0 Å². The van der Waals surface area contributed by atoms with E-state index in [9.17, 15) is 0 Å². The van der Waals surface area contributed by atoms with E-state index in [0.29, 0.717) is 6.04 Å². The molecule has 0 aromatic carbocycles. The fraction of sp³-hybridized carbons (Fsp3) is 1.00. The largest absolute Gasteiger partial charge is 0.313 e. The zero-order chi connectivity index (χ0) is 12.1. The van der Waals surface area contributed by atoms with Crippen LogP contribution in [0.25, 0.3) is 0 Å². The highest BCUT2D eigenvalue weighted by Gasteiger charge is 2.23. The monoisotopic (exact) mass is 226 g/mol. The molecule has 0 spiro atoms. The third-order valence-electron chi connectivity index (χ3n) is 3.76. The van der Waals surface area contributed by atoms with Crippen LogP contribution >= 0.6 is 0 Å². The Hall–Kier alpha value is -0.0800. The summed E-state index contributed by atoms with van der Waals surface area (Å²) in [5.74, 6) is 1.52. The second-order valence-electron chi connectivity index (χ2n) is 6.13. The van der Waals surface area contributed by atoms with Crippen LogP contribution in [0.2, 0.25) is 0 Å². The quantitative estimate of drug-likeness (QED) is 0.749. The molecule has 2 nitrogen and oxygen atoms in total. The highest BCUT2D eigenvalue weighted by Crippen LogP contribution is 2.15. The molecule has 1 N–H and O–H groups in total. The topological polar surface area (TPSA) is 15.3 Å². The van der Waals surface area contributed by atoms with Crippen molar-refractivity contribution in [3.63, 3.8) is 0 Å². The first-order valence-corrected chi connectivity index (χ1v) is 6.98. The van der Waals surface area contributed by atoms with Gasteiger partial charge in [-0.3, -0.25) is 4.90 Å². The summed E-state index contributed by atoms with van der Waals surface area (Å²) in [7, 11) is 0. The normalized spacial score (nSPS) is 23.6. The van der Waals surface area contributed by atoms with Gasteiger partial charge in [0, 0.05) is 25.2 Å². The van der Waals surface area contributed by atoms with Crippen molar-refractivity contribution < 1.29 is 0 Å². The van der Waals surface area contributed by atoms with Gasteiger partial charge in [0.15, 0.2) is 0 Å². The minimum absolute atomic E-state index is 0.699. The van der Waals surface area contributed by atoms with Crippen LogP contribution in [0.1, 0.15) is 47.5 Å². The van der Waals surface area contributed by atoms with Gasteiger partial charge < -0.3 is 5.32 Å². The van der Waals surface area contributed by atoms with Crippen molar-refractivity contribution in [2.24, 2.45) is 11.8 Å². The molecule has 1 heterocycles. The van der Waals surface area contributed by atoms with Crippen molar-refractivity contribution in [1.82, 2.24) is 10.2 Å². The molecule has 0 aliphatic carbocycles. The van der Waals surface area contributed by atoms with Crippen LogP contribution < -0.4 is 5.32 Å². The summed E-state index contributed by atoms with van der Waals surface area (Å²) in [6, 6.07) is 1.43. The Bertz CT molecular complexity index is 183. The molecular formula is C14H30N2. The van der Waals surface area contributed by atoms with Gasteiger partial charge in [0.25, 0.3) is 0 Å². The number of hydrogen-bond donors (Lipinski definition) is 1. The van der Waals surface area contributed by atoms with Gasteiger partial charge in [-0.05, 0) is 38.1 Å². The molecule has 2 unspecified atom stereocenters. The smallest absolute Gasteiger partial charge is 0.0195 e. The van der Waals surface area contributed by atoms with E-state index < -0.39 is 0 Å². The molecule has 2 atom stereocenters. The average Bonchev–Trinajstić information content (AvgIpc) is 2.67. The summed E-state index contributed by atoms with van der Waals surface area (Å²) in [4.78, 5) is 2.68. The Morgan fingerprint density at radius 1 is 1.19 bits per heavy atom. The van der Waals surface area contributed by atoms with E-state index in [0.717, 1.165) is 17.9 Å². The summed E-state index contributed by atoms with van der Waals surface area (Å²) in [6.07, 6.45) is 2.72. The third-order valence-corrected chi connectivity index (χ3v) is 3.76. The van der Waals surface area contributed by atoms with Crippen LogP contribution in [0.15, 0.2) is 0 Å². The average molecular weight is 226 g/mol. The molecule has 1 aliphatic heterocycles. The predicted octanol–water partition coefficient (Wildman–Crippen LogP) is 2.74. The SMILES string of the molecule is CC(C)CN(CC1CCCN1)C(C)C(C)C. The Balaban J connectivity index is 2.48. The highest BCUT2D eigenvalue weighted by atomic mass is 15.2. The Labute approximate surface area is 102 Å². The third kappa shape index (κ3) is 4.42. The molecule has 1 aliphatic rings. The molecule has 0 aromatic heterocycles. The molecule has 0 aromatic rings. The van der Waals surface area contributed by atoms with E-state index in [2.05, 4.69) is 44.8 Å². The van der Waals surface area contributed by atoms with E-state index in [1.165, 1.54) is 32.5 Å². The van der Waals surface area contributed by atoms with Crippen LogP contribution in [0.3, 0.4) is 0 Å². The van der Waals surface area contributed by atoms with E-state index in [1.807, 2.05) is 0 Å². The van der Waals surface area contributed by atoms with E-state index >= 15 is 0 Å². The van der Waals surface area contributed by atoms with Gasteiger partial charge in [-0.1, -0.05) is 27.7 Å². The van der Waals surface area contributed by atoms with Crippen LogP contribution in [0, 0.1) is 11.8 Å². The maximum absolute atomic E-state index is 3.61. The first-order chi connectivity index (χ1) is 7.50. The molecular weight excluding hydrogens is 196 g/mol. The van der Waals surface area contributed by atoms with Gasteiger partial charge in [0.1, 0.15) is 0 Å². The van der Waals surface area contributed by atoms with Gasteiger partial charge in [-0.25, -0.2) is 0 Å². The van der Waals surface area contributed by atoms with Crippen molar-refractivity contribution in [3.8, 4) is 0 Å². The molecule has 0 amide bonds. The fourth-order valence-corrected chi connectivity index (χ4v) is 2.49.